The second-order valence-electron chi connectivity index (χ2n) is 8.40. The maximum atomic E-state index is 13.3. The molecule has 7 heteroatoms. The van der Waals surface area contributed by atoms with E-state index in [0.717, 1.165) is 50.0 Å². The lowest BCUT2D eigenvalue weighted by molar-refractivity contribution is 0.0799. The van der Waals surface area contributed by atoms with Crippen LogP contribution in [-0.2, 0) is 7.05 Å². The number of ether oxygens (including phenoxy) is 1. The van der Waals surface area contributed by atoms with Crippen molar-refractivity contribution in [2.24, 2.45) is 7.05 Å². The minimum absolute atomic E-state index is 0.0839. The molecule has 2 aliphatic carbocycles. The molecular formula is C23H26N4O3. The first-order chi connectivity index (χ1) is 14.6. The van der Waals surface area contributed by atoms with Gasteiger partial charge in [0.1, 0.15) is 11.9 Å². The number of amides is 1. The van der Waals surface area contributed by atoms with Gasteiger partial charge in [-0.25, -0.2) is 4.98 Å². The number of fused-ring (bicyclic) bond motifs is 1. The van der Waals surface area contributed by atoms with Crippen LogP contribution in [0.25, 0.3) is 11.0 Å². The third-order valence-electron chi connectivity index (χ3n) is 6.12. The van der Waals surface area contributed by atoms with Gasteiger partial charge in [-0.3, -0.25) is 19.4 Å². The summed E-state index contributed by atoms with van der Waals surface area (Å²) < 4.78 is 7.79. The largest absolute Gasteiger partial charge is 0.488 e. The topological polar surface area (TPSA) is 89.0 Å². The van der Waals surface area contributed by atoms with E-state index in [2.05, 4.69) is 15.4 Å². The van der Waals surface area contributed by atoms with Crippen molar-refractivity contribution >= 4 is 16.9 Å². The van der Waals surface area contributed by atoms with Crippen LogP contribution in [0.5, 0.6) is 5.75 Å². The van der Waals surface area contributed by atoms with Gasteiger partial charge in [-0.2, -0.15) is 0 Å². The van der Waals surface area contributed by atoms with E-state index in [0.29, 0.717) is 22.5 Å². The van der Waals surface area contributed by atoms with Gasteiger partial charge in [0.15, 0.2) is 5.65 Å². The molecule has 0 spiro atoms. The van der Waals surface area contributed by atoms with E-state index in [1.807, 2.05) is 30.3 Å². The van der Waals surface area contributed by atoms with Crippen LogP contribution in [-0.4, -0.2) is 32.8 Å². The Morgan fingerprint density at radius 3 is 2.70 bits per heavy atom. The number of pyridine rings is 1. The van der Waals surface area contributed by atoms with Crippen LogP contribution in [0.4, 0.5) is 0 Å². The van der Waals surface area contributed by atoms with E-state index >= 15 is 0 Å². The van der Waals surface area contributed by atoms with Gasteiger partial charge in [-0.05, 0) is 50.3 Å². The molecule has 0 aliphatic heterocycles. The first kappa shape index (κ1) is 18.9. The van der Waals surface area contributed by atoms with Gasteiger partial charge < -0.3 is 10.1 Å². The van der Waals surface area contributed by atoms with Crippen molar-refractivity contribution in [1.29, 1.82) is 0 Å². The van der Waals surface area contributed by atoms with Gasteiger partial charge in [0.25, 0.3) is 11.5 Å². The summed E-state index contributed by atoms with van der Waals surface area (Å²) in [6, 6.07) is 11.4. The van der Waals surface area contributed by atoms with Crippen molar-refractivity contribution in [2.45, 2.75) is 56.6 Å². The molecule has 30 heavy (non-hydrogen) atoms. The average Bonchev–Trinajstić information content (AvgIpc) is 3.56. The highest BCUT2D eigenvalue weighted by Crippen LogP contribution is 2.40. The summed E-state index contributed by atoms with van der Waals surface area (Å²) in [5.74, 6) is 0.967. The average molecular weight is 406 g/mol. The molecule has 7 nitrogen and oxygen atoms in total. The Kier molecular flexibility index (Phi) is 4.81. The van der Waals surface area contributed by atoms with Gasteiger partial charge in [0.05, 0.1) is 17.0 Å². The second-order valence-corrected chi connectivity index (χ2v) is 8.40. The SMILES string of the molecule is Cn1[nH]c(=O)c2c(C(=O)NC3CCCCC3Oc3ccccc3)cc(C3CC3)nc21. The quantitative estimate of drug-likeness (QED) is 0.681. The lowest BCUT2D eigenvalue weighted by Crippen LogP contribution is -2.47. The summed E-state index contributed by atoms with van der Waals surface area (Å²) in [6.07, 6.45) is 5.95. The Morgan fingerprint density at radius 2 is 1.93 bits per heavy atom. The van der Waals surface area contributed by atoms with Crippen molar-refractivity contribution in [3.63, 3.8) is 0 Å². The molecule has 2 aromatic heterocycles. The number of aryl methyl sites for hydroxylation is 1. The van der Waals surface area contributed by atoms with Crippen LogP contribution >= 0.6 is 0 Å². The molecule has 1 aromatic carbocycles. The van der Waals surface area contributed by atoms with E-state index in [4.69, 9.17) is 4.74 Å². The molecule has 2 aliphatic rings. The number of para-hydroxylation sites is 1. The summed E-state index contributed by atoms with van der Waals surface area (Å²) in [5.41, 5.74) is 1.55. The fourth-order valence-electron chi connectivity index (χ4n) is 4.37. The van der Waals surface area contributed by atoms with Gasteiger partial charge >= 0.3 is 0 Å². The fraction of sp³-hybridized carbons (Fsp3) is 0.435. The van der Waals surface area contributed by atoms with Gasteiger partial charge in [-0.1, -0.05) is 24.6 Å². The number of hydrogen-bond donors (Lipinski definition) is 2. The number of nitrogens with one attached hydrogen (secondary N) is 2. The maximum Gasteiger partial charge on any atom is 0.274 e. The van der Waals surface area contributed by atoms with Crippen LogP contribution in [0.2, 0.25) is 0 Å². The second kappa shape index (κ2) is 7.63. The Labute approximate surface area is 174 Å². The van der Waals surface area contributed by atoms with Crippen LogP contribution < -0.4 is 15.6 Å². The number of H-pyrrole nitrogens is 1. The third-order valence-corrected chi connectivity index (χ3v) is 6.12. The molecule has 156 valence electrons. The zero-order valence-electron chi connectivity index (χ0n) is 17.1. The lowest BCUT2D eigenvalue weighted by Gasteiger charge is -2.32. The summed E-state index contributed by atoms with van der Waals surface area (Å²) >= 11 is 0. The molecule has 2 unspecified atom stereocenters. The number of carbonyl (C=O) groups excluding carboxylic acids is 1. The molecule has 3 aromatic rings. The van der Waals surface area contributed by atoms with Crippen molar-refractivity contribution in [1.82, 2.24) is 20.1 Å². The maximum absolute atomic E-state index is 13.3. The molecular weight excluding hydrogens is 380 g/mol. The molecule has 2 heterocycles. The van der Waals surface area contributed by atoms with Crippen LogP contribution in [0, 0.1) is 0 Å². The molecule has 2 saturated carbocycles. The van der Waals surface area contributed by atoms with Crippen molar-refractivity contribution in [2.75, 3.05) is 0 Å². The number of benzene rings is 1. The van der Waals surface area contributed by atoms with Crippen LogP contribution in [0.15, 0.2) is 41.2 Å². The highest BCUT2D eigenvalue weighted by molar-refractivity contribution is 6.05. The Morgan fingerprint density at radius 1 is 1.17 bits per heavy atom. The van der Waals surface area contributed by atoms with Crippen molar-refractivity contribution in [3.8, 4) is 5.75 Å². The van der Waals surface area contributed by atoms with Gasteiger partial charge in [0, 0.05) is 18.7 Å². The number of aromatic amines is 1. The monoisotopic (exact) mass is 406 g/mol. The van der Waals surface area contributed by atoms with Crippen LogP contribution in [0.1, 0.15) is 60.5 Å². The predicted octanol–water partition coefficient (Wildman–Crippen LogP) is 3.26. The van der Waals surface area contributed by atoms with Crippen molar-refractivity contribution < 1.29 is 9.53 Å². The minimum Gasteiger partial charge on any atom is -0.488 e. The Bertz CT molecular complexity index is 1130. The van der Waals surface area contributed by atoms with E-state index in [1.54, 1.807) is 17.8 Å². The van der Waals surface area contributed by atoms with E-state index in [-0.39, 0.29) is 23.6 Å². The number of aromatic nitrogens is 3. The normalized spacial score (nSPS) is 21.5. The molecule has 1 amide bonds. The van der Waals surface area contributed by atoms with Gasteiger partial charge in [0.2, 0.25) is 0 Å². The lowest BCUT2D eigenvalue weighted by atomic mass is 9.92. The Balaban J connectivity index is 1.44. The third kappa shape index (κ3) is 3.60. The van der Waals surface area contributed by atoms with Crippen LogP contribution in [0.3, 0.4) is 0 Å². The first-order valence-corrected chi connectivity index (χ1v) is 10.7. The number of nitrogens with zero attached hydrogens (tertiary/aromatic N) is 2. The fourth-order valence-corrected chi connectivity index (χ4v) is 4.37. The van der Waals surface area contributed by atoms with Crippen molar-refractivity contribution in [3.05, 3.63) is 58.0 Å². The smallest absolute Gasteiger partial charge is 0.274 e. The van der Waals surface area contributed by atoms with E-state index < -0.39 is 0 Å². The molecule has 0 saturated heterocycles. The zero-order valence-corrected chi connectivity index (χ0v) is 17.1. The standard InChI is InChI=1S/C23H26N4O3/c1-27-21-20(23(29)26-27)16(13-18(24-21)14-11-12-14)22(28)25-17-9-5-6-10-19(17)30-15-7-3-2-4-8-15/h2-4,7-8,13-14,17,19H,5-6,9-12H2,1H3,(H,25,28)(H,26,29). The molecule has 5 rings (SSSR count). The van der Waals surface area contributed by atoms with E-state index in [1.165, 1.54) is 0 Å². The first-order valence-electron chi connectivity index (χ1n) is 10.7. The molecule has 2 N–H and O–H groups in total. The highest BCUT2D eigenvalue weighted by atomic mass is 16.5. The van der Waals surface area contributed by atoms with E-state index in [9.17, 15) is 9.59 Å². The molecule has 0 radical (unpaired) electrons. The number of hydrogen-bond acceptors (Lipinski definition) is 4. The summed E-state index contributed by atoms with van der Waals surface area (Å²) in [5, 5.41) is 6.26. The Hall–Kier alpha value is -3.09. The summed E-state index contributed by atoms with van der Waals surface area (Å²) in [6.45, 7) is 0. The predicted molar refractivity (Wildman–Crippen MR) is 114 cm³/mol. The molecule has 2 fully saturated rings. The zero-order chi connectivity index (χ0) is 20.7. The van der Waals surface area contributed by atoms with Gasteiger partial charge in [-0.15, -0.1) is 0 Å². The molecule has 2 atom stereocenters. The molecule has 0 bridgehead atoms. The number of rotatable bonds is 5. The summed E-state index contributed by atoms with van der Waals surface area (Å²) in [7, 11) is 1.75. The number of carbonyl (C=O) groups is 1. The summed E-state index contributed by atoms with van der Waals surface area (Å²) in [4.78, 5) is 30.5. The highest BCUT2D eigenvalue weighted by Gasteiger charge is 2.32. The minimum atomic E-state index is -0.284.